The lowest BCUT2D eigenvalue weighted by molar-refractivity contribution is 0.489. The van der Waals surface area contributed by atoms with Gasteiger partial charge in [0.25, 0.3) is 0 Å². The Morgan fingerprint density at radius 1 is 0.300 bits per heavy atom. The van der Waals surface area contributed by atoms with Crippen LogP contribution in [0.25, 0.3) is 55.6 Å². The molecule has 9 rings (SSSR count). The van der Waals surface area contributed by atoms with E-state index in [0.29, 0.717) is 0 Å². The highest BCUT2D eigenvalue weighted by atomic mass is 16.5. The Morgan fingerprint density at radius 2 is 0.720 bits per heavy atom. The van der Waals surface area contributed by atoms with Gasteiger partial charge in [0.1, 0.15) is 5.75 Å². The number of fused-ring (bicyclic) bond motifs is 5. The summed E-state index contributed by atoms with van der Waals surface area (Å²) in [5, 5.41) is 0. The SMILES string of the molecule is c1ccc(-c2ccc(N(c3ccc(-c4ccccc4)cc3)c3cccc4c3Oc3cc(-c5ccccc5)ccc3-c3ccccc3-4)cc2)cc1. The highest BCUT2D eigenvalue weighted by Gasteiger charge is 2.26. The molecule has 0 bridgehead atoms. The largest absolute Gasteiger partial charge is 0.454 e. The molecule has 1 aliphatic rings. The van der Waals surface area contributed by atoms with Crippen LogP contribution >= 0.6 is 0 Å². The van der Waals surface area contributed by atoms with Gasteiger partial charge in [-0.1, -0.05) is 158 Å². The third kappa shape index (κ3) is 5.43. The third-order valence-electron chi connectivity index (χ3n) is 9.51. The number of ether oxygens (including phenoxy) is 1. The van der Waals surface area contributed by atoms with Gasteiger partial charge in [0.15, 0.2) is 5.75 Å². The molecule has 0 radical (unpaired) electrons. The molecule has 8 aromatic rings. The molecule has 0 N–H and O–H groups in total. The number of hydrogen-bond acceptors (Lipinski definition) is 2. The molecule has 50 heavy (non-hydrogen) atoms. The molecule has 0 saturated carbocycles. The van der Waals surface area contributed by atoms with Crippen LogP contribution in [0.1, 0.15) is 0 Å². The number of anilines is 3. The quantitative estimate of drug-likeness (QED) is 0.179. The fourth-order valence-corrected chi connectivity index (χ4v) is 7.02. The van der Waals surface area contributed by atoms with Crippen molar-refractivity contribution < 1.29 is 4.74 Å². The van der Waals surface area contributed by atoms with E-state index in [1.807, 2.05) is 0 Å². The molecule has 0 saturated heterocycles. The minimum atomic E-state index is 0.822. The van der Waals surface area contributed by atoms with Crippen molar-refractivity contribution in [3.8, 4) is 67.1 Å². The summed E-state index contributed by atoms with van der Waals surface area (Å²) in [4.78, 5) is 2.32. The molecular weight excluding hydrogens is 607 g/mol. The number of nitrogens with zero attached hydrogens (tertiary/aromatic N) is 1. The second-order valence-corrected chi connectivity index (χ2v) is 12.5. The summed E-state index contributed by atoms with van der Waals surface area (Å²) in [6.07, 6.45) is 0. The molecule has 0 unspecified atom stereocenters. The summed E-state index contributed by atoms with van der Waals surface area (Å²) < 4.78 is 7.15. The fourth-order valence-electron chi connectivity index (χ4n) is 7.02. The highest BCUT2D eigenvalue weighted by Crippen LogP contribution is 2.53. The lowest BCUT2D eigenvalue weighted by atomic mass is 9.93. The molecule has 0 aliphatic carbocycles. The van der Waals surface area contributed by atoms with Crippen molar-refractivity contribution >= 4 is 17.1 Å². The Morgan fingerprint density at radius 3 is 1.26 bits per heavy atom. The summed E-state index contributed by atoms with van der Waals surface area (Å²) in [5.41, 5.74) is 14.5. The van der Waals surface area contributed by atoms with Crippen molar-refractivity contribution in [1.29, 1.82) is 0 Å². The maximum Gasteiger partial charge on any atom is 0.159 e. The first kappa shape index (κ1) is 29.5. The van der Waals surface area contributed by atoms with E-state index in [1.54, 1.807) is 0 Å². The normalized spacial score (nSPS) is 11.4. The lowest BCUT2D eigenvalue weighted by Gasteiger charge is -2.28. The van der Waals surface area contributed by atoms with Crippen molar-refractivity contribution in [2.24, 2.45) is 0 Å². The van der Waals surface area contributed by atoms with Crippen LogP contribution in [-0.4, -0.2) is 0 Å². The van der Waals surface area contributed by atoms with Crippen molar-refractivity contribution in [2.75, 3.05) is 4.90 Å². The van der Waals surface area contributed by atoms with E-state index in [9.17, 15) is 0 Å². The molecule has 0 fully saturated rings. The van der Waals surface area contributed by atoms with Gasteiger partial charge in [0.05, 0.1) is 5.69 Å². The predicted molar refractivity (Wildman–Crippen MR) is 208 cm³/mol. The number of hydrogen-bond donors (Lipinski definition) is 0. The first-order valence-electron chi connectivity index (χ1n) is 17.0. The van der Waals surface area contributed by atoms with E-state index in [-0.39, 0.29) is 0 Å². The Kier molecular flexibility index (Phi) is 7.53. The fraction of sp³-hybridized carbons (Fsp3) is 0. The van der Waals surface area contributed by atoms with Gasteiger partial charge in [0, 0.05) is 22.5 Å². The van der Waals surface area contributed by atoms with Crippen molar-refractivity contribution in [2.45, 2.75) is 0 Å². The minimum absolute atomic E-state index is 0.822. The highest BCUT2D eigenvalue weighted by molar-refractivity contribution is 5.96. The molecule has 0 aromatic heterocycles. The number of benzene rings is 8. The van der Waals surface area contributed by atoms with Crippen LogP contribution in [-0.2, 0) is 0 Å². The zero-order valence-electron chi connectivity index (χ0n) is 27.4. The molecule has 0 atom stereocenters. The zero-order chi connectivity index (χ0) is 33.3. The summed E-state index contributed by atoms with van der Waals surface area (Å²) in [6, 6.07) is 70.9. The average molecular weight is 640 g/mol. The van der Waals surface area contributed by atoms with Crippen LogP contribution < -0.4 is 9.64 Å². The van der Waals surface area contributed by atoms with Gasteiger partial charge in [-0.2, -0.15) is 0 Å². The van der Waals surface area contributed by atoms with Gasteiger partial charge in [-0.25, -0.2) is 0 Å². The van der Waals surface area contributed by atoms with Crippen molar-refractivity contribution in [3.05, 3.63) is 200 Å². The molecule has 1 heterocycles. The van der Waals surface area contributed by atoms with Crippen LogP contribution in [0.4, 0.5) is 17.1 Å². The topological polar surface area (TPSA) is 12.5 Å². The Bertz CT molecular complexity index is 2330. The van der Waals surface area contributed by atoms with Gasteiger partial charge >= 0.3 is 0 Å². The maximum atomic E-state index is 7.15. The van der Waals surface area contributed by atoms with E-state index in [1.165, 1.54) is 22.3 Å². The molecule has 1 aliphatic heterocycles. The Labute approximate surface area is 293 Å². The molecule has 8 aromatic carbocycles. The van der Waals surface area contributed by atoms with Gasteiger partial charge in [-0.05, 0) is 87.0 Å². The summed E-state index contributed by atoms with van der Waals surface area (Å²) in [7, 11) is 0. The van der Waals surface area contributed by atoms with Crippen LogP contribution in [0.5, 0.6) is 11.5 Å². The Hall–Kier alpha value is -6.64. The molecule has 2 nitrogen and oxygen atoms in total. The summed E-state index contributed by atoms with van der Waals surface area (Å²) in [6.45, 7) is 0. The second-order valence-electron chi connectivity index (χ2n) is 12.5. The lowest BCUT2D eigenvalue weighted by Crippen LogP contribution is -2.11. The van der Waals surface area contributed by atoms with Crippen LogP contribution in [0.15, 0.2) is 200 Å². The monoisotopic (exact) mass is 639 g/mol. The van der Waals surface area contributed by atoms with Gasteiger partial charge in [0.2, 0.25) is 0 Å². The van der Waals surface area contributed by atoms with Crippen molar-refractivity contribution in [1.82, 2.24) is 0 Å². The first-order valence-corrected chi connectivity index (χ1v) is 17.0. The van der Waals surface area contributed by atoms with E-state index in [0.717, 1.165) is 61.9 Å². The summed E-state index contributed by atoms with van der Waals surface area (Å²) >= 11 is 0. The number of rotatable bonds is 6. The molecule has 0 spiro atoms. The van der Waals surface area contributed by atoms with Crippen LogP contribution in [0, 0.1) is 0 Å². The molecule has 2 heteroatoms. The molecule has 0 amide bonds. The first-order chi connectivity index (χ1) is 24.8. The van der Waals surface area contributed by atoms with E-state index in [2.05, 4.69) is 205 Å². The van der Waals surface area contributed by atoms with Crippen LogP contribution in [0.2, 0.25) is 0 Å². The Balaban J connectivity index is 1.23. The van der Waals surface area contributed by atoms with E-state index < -0.39 is 0 Å². The summed E-state index contributed by atoms with van der Waals surface area (Å²) in [5.74, 6) is 1.66. The predicted octanol–water partition coefficient (Wildman–Crippen LogP) is 13.6. The molecular formula is C48H33NO. The standard InChI is InChI=1S/C48H33NO/c1-4-13-34(14-5-1)37-23-28-40(29-24-37)49(41-30-25-38(26-31-41)35-15-6-2-7-16-35)46-22-12-21-45-43-20-11-10-19-42(43)44-32-27-39(33-47(44)50-48(45)46)36-17-8-3-9-18-36/h1-33H. The number of para-hydroxylation sites is 1. The third-order valence-corrected chi connectivity index (χ3v) is 9.51. The van der Waals surface area contributed by atoms with Gasteiger partial charge in [-0.3, -0.25) is 0 Å². The zero-order valence-corrected chi connectivity index (χ0v) is 27.4. The van der Waals surface area contributed by atoms with E-state index >= 15 is 0 Å². The van der Waals surface area contributed by atoms with Gasteiger partial charge in [-0.15, -0.1) is 0 Å². The minimum Gasteiger partial charge on any atom is -0.454 e. The smallest absolute Gasteiger partial charge is 0.159 e. The van der Waals surface area contributed by atoms with Crippen LogP contribution in [0.3, 0.4) is 0 Å². The van der Waals surface area contributed by atoms with Gasteiger partial charge < -0.3 is 9.64 Å². The molecule has 236 valence electrons. The van der Waals surface area contributed by atoms with E-state index in [4.69, 9.17) is 4.74 Å². The maximum absolute atomic E-state index is 7.15. The average Bonchev–Trinajstić information content (AvgIpc) is 3.34. The second kappa shape index (κ2) is 12.8. The van der Waals surface area contributed by atoms with Crippen molar-refractivity contribution in [3.63, 3.8) is 0 Å².